The lowest BCUT2D eigenvalue weighted by molar-refractivity contribution is -0.134. The highest BCUT2D eigenvalue weighted by atomic mass is 32.2. The van der Waals surface area contributed by atoms with Gasteiger partial charge in [0.2, 0.25) is 11.5 Å². The van der Waals surface area contributed by atoms with Gasteiger partial charge in [0, 0.05) is 39.1 Å². The number of amides is 2. The minimum absolute atomic E-state index is 0.157. The molecule has 1 atom stereocenters. The molecule has 69 heavy (non-hydrogen) atoms. The Labute approximate surface area is 392 Å². The summed E-state index contributed by atoms with van der Waals surface area (Å²) in [6.07, 6.45) is -1.32. The molecule has 21 nitrogen and oxygen atoms in total. The number of sulfonamides is 1. The van der Waals surface area contributed by atoms with E-state index >= 15 is 8.78 Å². The van der Waals surface area contributed by atoms with E-state index in [9.17, 15) is 51.0 Å². The molecule has 364 valence electrons. The van der Waals surface area contributed by atoms with Gasteiger partial charge in [0.05, 0.1) is 34.5 Å². The third-order valence-corrected chi connectivity index (χ3v) is 12.8. The Morgan fingerprint density at radius 3 is 1.67 bits per heavy atom. The minimum atomic E-state index is -4.93. The Balaban J connectivity index is 1.40. The van der Waals surface area contributed by atoms with Crippen LogP contribution in [0.1, 0.15) is 54.0 Å². The average molecular weight is 1020 g/mol. The van der Waals surface area contributed by atoms with Gasteiger partial charge < -0.3 is 48.5 Å². The van der Waals surface area contributed by atoms with Crippen LogP contribution in [0.2, 0.25) is 0 Å². The first kappa shape index (κ1) is 52.4. The van der Waals surface area contributed by atoms with E-state index in [1.165, 1.54) is 36.4 Å². The van der Waals surface area contributed by atoms with Crippen LogP contribution in [-0.4, -0.2) is 81.6 Å². The first-order valence-corrected chi connectivity index (χ1v) is 23.5. The van der Waals surface area contributed by atoms with E-state index in [4.69, 9.17) is 38.2 Å². The Kier molecular flexibility index (Phi) is 17.1. The number of rotatable bonds is 20. The second-order valence-electron chi connectivity index (χ2n) is 13.7. The molecule has 0 aliphatic heterocycles. The van der Waals surface area contributed by atoms with Crippen molar-refractivity contribution >= 4 is 74.7 Å². The number of hydrogen-bond acceptors (Lipinski definition) is 18. The number of para-hydroxylation sites is 2. The highest BCUT2D eigenvalue weighted by molar-refractivity contribution is 7.92. The van der Waals surface area contributed by atoms with Crippen LogP contribution in [0.5, 0.6) is 40.2 Å². The summed E-state index contributed by atoms with van der Waals surface area (Å²) in [6.45, 7) is 1.98. The summed E-state index contributed by atoms with van der Waals surface area (Å²) >= 11 is 0.157. The van der Waals surface area contributed by atoms with E-state index in [0.29, 0.717) is 12.1 Å². The van der Waals surface area contributed by atoms with Crippen molar-refractivity contribution in [1.82, 2.24) is 15.4 Å². The summed E-state index contributed by atoms with van der Waals surface area (Å²) in [4.78, 5) is 83.6. The zero-order chi connectivity index (χ0) is 50.8. The Morgan fingerprint density at radius 1 is 0.710 bits per heavy atom. The van der Waals surface area contributed by atoms with Gasteiger partial charge in [-0.2, -0.15) is 9.98 Å². The van der Waals surface area contributed by atoms with Crippen LogP contribution in [0, 0.1) is 28.8 Å². The quantitative estimate of drug-likeness (QED) is 0.0345. The van der Waals surface area contributed by atoms with Crippen LogP contribution in [0.25, 0.3) is 10.1 Å². The largest absolute Gasteiger partial charge is 0.485 e. The van der Waals surface area contributed by atoms with Crippen molar-refractivity contribution < 1.29 is 92.8 Å². The van der Waals surface area contributed by atoms with Gasteiger partial charge in [-0.3, -0.25) is 28.8 Å². The number of nitrogens with zero attached hydrogens (tertiary/aromatic N) is 1. The molecule has 0 aliphatic rings. The van der Waals surface area contributed by atoms with E-state index in [2.05, 4.69) is 10.6 Å². The number of nitriles is 1. The fourth-order valence-corrected chi connectivity index (χ4v) is 9.71. The molecule has 1 heterocycles. The number of carbonyl (C=O) groups excluding carboxylic acids is 6. The highest BCUT2D eigenvalue weighted by Gasteiger charge is 2.31. The third kappa shape index (κ3) is 13.5. The van der Waals surface area contributed by atoms with Gasteiger partial charge in [-0.15, -0.1) is 11.3 Å². The maximum atomic E-state index is 16.5. The summed E-state index contributed by atoms with van der Waals surface area (Å²) < 4.78 is 123. The van der Waals surface area contributed by atoms with Crippen LogP contribution in [-0.2, 0) is 33.8 Å². The van der Waals surface area contributed by atoms with Gasteiger partial charge in [-0.1, -0.05) is 12.1 Å². The van der Waals surface area contributed by atoms with Gasteiger partial charge >= 0.3 is 31.5 Å². The molecule has 5 aromatic rings. The number of fused-ring (bicyclic) bond motifs is 1. The molecule has 2 amide bonds. The van der Waals surface area contributed by atoms with Crippen molar-refractivity contribution in [3.63, 3.8) is 0 Å². The van der Waals surface area contributed by atoms with Crippen LogP contribution >= 0.6 is 18.9 Å². The minimum Gasteiger partial charge on any atom is -0.485 e. The van der Waals surface area contributed by atoms with Gasteiger partial charge in [0.1, 0.15) is 41.3 Å². The number of nitrogens with one attached hydrogen (secondary N) is 3. The number of benzene rings is 4. The predicted molar refractivity (Wildman–Crippen MR) is 232 cm³/mol. The van der Waals surface area contributed by atoms with Crippen molar-refractivity contribution in [3.05, 3.63) is 94.8 Å². The molecule has 1 aromatic heterocycles. The predicted octanol–water partition coefficient (Wildman–Crippen LogP) is 5.01. The molecule has 0 radical (unpaired) electrons. The van der Waals surface area contributed by atoms with Crippen molar-refractivity contribution in [1.29, 1.82) is 5.26 Å². The van der Waals surface area contributed by atoms with Crippen molar-refractivity contribution in [2.24, 2.45) is 0 Å². The number of thiophene rings is 1. The van der Waals surface area contributed by atoms with Crippen LogP contribution in [0.3, 0.4) is 0 Å². The second kappa shape index (κ2) is 22.5. The molecule has 4 aromatic carbocycles. The van der Waals surface area contributed by atoms with Gasteiger partial charge in [0.25, 0.3) is 21.8 Å². The van der Waals surface area contributed by atoms with Gasteiger partial charge in [-0.25, -0.2) is 26.2 Å². The molecule has 0 saturated carbocycles. The molecule has 27 heteroatoms. The van der Waals surface area contributed by atoms with Gasteiger partial charge in [-0.05, 0) is 42.5 Å². The zero-order valence-electron chi connectivity index (χ0n) is 36.1. The van der Waals surface area contributed by atoms with E-state index in [0.717, 1.165) is 39.8 Å². The fraction of sp³-hybridized carbons (Fsp3) is 0.214. The summed E-state index contributed by atoms with van der Waals surface area (Å²) in [5, 5.41) is 13.0. The topological polar surface area (TPSA) is 298 Å². The molecule has 0 spiro atoms. The summed E-state index contributed by atoms with van der Waals surface area (Å²) in [5.74, 6) is -12.8. The molecule has 0 bridgehead atoms. The number of carbonyl (C=O) groups is 6. The Morgan fingerprint density at radius 2 is 1.20 bits per heavy atom. The fourth-order valence-electron chi connectivity index (χ4n) is 5.77. The first-order chi connectivity index (χ1) is 32.5. The third-order valence-electron chi connectivity index (χ3n) is 8.49. The number of esters is 4. The molecule has 4 N–H and O–H groups in total. The molecular weight excluding hydrogens is 985 g/mol. The summed E-state index contributed by atoms with van der Waals surface area (Å²) in [7, 11) is -9.80. The smallest absolute Gasteiger partial charge is 0.391 e. The van der Waals surface area contributed by atoms with Crippen LogP contribution < -0.4 is 48.3 Å². The average Bonchev–Trinajstić information content (AvgIpc) is 3.73. The molecule has 0 fully saturated rings. The lowest BCUT2D eigenvalue weighted by Gasteiger charge is -2.17. The first-order valence-electron chi connectivity index (χ1n) is 19.5. The van der Waals surface area contributed by atoms with Gasteiger partial charge in [0.15, 0.2) is 34.6 Å². The van der Waals surface area contributed by atoms with Crippen molar-refractivity contribution in [3.8, 4) is 46.3 Å². The van der Waals surface area contributed by atoms with E-state index in [-0.39, 0.29) is 34.0 Å². The maximum Gasteiger partial charge on any atom is 0.391 e. The number of hydrogen-bond donors (Lipinski definition) is 4. The molecule has 0 aliphatic carbocycles. The van der Waals surface area contributed by atoms with Crippen LogP contribution in [0.4, 0.5) is 13.2 Å². The molecular formula is C42H36F3N4O17PS2. The Hall–Kier alpha value is -7.56. The normalized spacial score (nSPS) is 11.9. The van der Waals surface area contributed by atoms with Crippen molar-refractivity contribution in [2.75, 3.05) is 32.6 Å². The lowest BCUT2D eigenvalue weighted by Crippen LogP contribution is -2.29. The SMILES string of the molecule is CC(=O)Oc1cccc(C(=O)NCCOc2c(OCCNC(=O)c3cccc(OC(C)=O)c3OC(C)=O)c(F)c3sc(S(=O)(=O)NCP(=O)(O)Oc4ccc(C#N)c(F)c4)cc3c2F)c1OC(C)=O. The van der Waals surface area contributed by atoms with E-state index in [1.807, 2.05) is 0 Å². The van der Waals surface area contributed by atoms with E-state index < -0.39 is 152 Å². The summed E-state index contributed by atoms with van der Waals surface area (Å²) in [5.41, 5.74) is -0.965. The molecule has 1 unspecified atom stereocenters. The summed E-state index contributed by atoms with van der Waals surface area (Å²) in [6, 6.07) is 12.4. The highest BCUT2D eigenvalue weighted by Crippen LogP contribution is 2.45. The second-order valence-corrected chi connectivity index (χ2v) is 18.6. The Bertz CT molecular complexity index is 2950. The standard InChI is InChI=1S/C42H36F3N4O17PS2/c1-21(50)62-31-9-5-7-27(36(31)64-23(3)52)41(54)47-13-15-60-38-34(44)29-18-33(69(58,59)49-20-67(56,57)66-26-12-11-25(19-46)30(43)17-26)68-40(29)35(45)39(38)61-16-14-48-42(55)28-8-6-10-32(63-22(2)51)37(28)65-24(4)53/h5-12,17-18,49H,13-16,20H2,1-4H3,(H,47,54)(H,48,55)(H,56,57). The number of ether oxygens (including phenoxy) is 6. The van der Waals surface area contributed by atoms with E-state index in [1.54, 1.807) is 10.8 Å². The maximum absolute atomic E-state index is 16.5. The zero-order valence-corrected chi connectivity index (χ0v) is 38.7. The monoisotopic (exact) mass is 1020 g/mol. The van der Waals surface area contributed by atoms with Crippen molar-refractivity contribution in [2.45, 2.75) is 31.9 Å². The van der Waals surface area contributed by atoms with Crippen LogP contribution in [0.15, 0.2) is 64.9 Å². The molecule has 5 rings (SSSR count). The molecule has 0 saturated heterocycles. The lowest BCUT2D eigenvalue weighted by atomic mass is 10.1. The number of halogens is 3.